The fourth-order valence-corrected chi connectivity index (χ4v) is 1.89. The van der Waals surface area contributed by atoms with Gasteiger partial charge in [-0.1, -0.05) is 13.3 Å². The van der Waals surface area contributed by atoms with E-state index in [1.165, 1.54) is 24.5 Å². The number of esters is 1. The number of unbranched alkanes of at least 4 members (excludes halogenated alkanes) is 1. The molecule has 0 radical (unpaired) electrons. The van der Waals surface area contributed by atoms with E-state index in [1.807, 2.05) is 6.92 Å². The number of fused-ring (bicyclic) bond motifs is 1. The smallest absolute Gasteiger partial charge is 0.326 e. The highest BCUT2D eigenvalue weighted by atomic mass is 16.6. The second-order valence-corrected chi connectivity index (χ2v) is 4.71. The topological polar surface area (TPSA) is 104 Å². The predicted molar refractivity (Wildman–Crippen MR) is 78.5 cm³/mol. The summed E-state index contributed by atoms with van der Waals surface area (Å²) in [5, 5.41) is 10.9. The number of benzene rings is 1. The van der Waals surface area contributed by atoms with Gasteiger partial charge in [0.05, 0.1) is 28.8 Å². The Balaban J connectivity index is 2.24. The van der Waals surface area contributed by atoms with Crippen LogP contribution in [0.5, 0.6) is 0 Å². The molecule has 0 aliphatic heterocycles. The van der Waals surface area contributed by atoms with E-state index in [2.05, 4.69) is 4.98 Å². The Morgan fingerprint density at radius 1 is 1.45 bits per heavy atom. The van der Waals surface area contributed by atoms with Crippen molar-refractivity contribution in [2.24, 2.45) is 0 Å². The van der Waals surface area contributed by atoms with Gasteiger partial charge in [0.1, 0.15) is 6.54 Å². The summed E-state index contributed by atoms with van der Waals surface area (Å²) >= 11 is 0. The zero-order valence-electron chi connectivity index (χ0n) is 12.0. The first kappa shape index (κ1) is 15.6. The van der Waals surface area contributed by atoms with Crippen LogP contribution in [0.25, 0.3) is 10.9 Å². The molecule has 22 heavy (non-hydrogen) atoms. The Hall–Kier alpha value is -2.77. The van der Waals surface area contributed by atoms with Crippen molar-refractivity contribution in [3.8, 4) is 0 Å². The molecule has 0 saturated heterocycles. The number of nitro groups is 1. The molecule has 8 heteroatoms. The summed E-state index contributed by atoms with van der Waals surface area (Å²) in [6.07, 6.45) is 2.86. The second kappa shape index (κ2) is 6.79. The lowest BCUT2D eigenvalue weighted by Gasteiger charge is -2.07. The van der Waals surface area contributed by atoms with Crippen molar-refractivity contribution in [1.29, 1.82) is 0 Å². The van der Waals surface area contributed by atoms with Crippen molar-refractivity contribution >= 4 is 22.6 Å². The summed E-state index contributed by atoms with van der Waals surface area (Å²) in [4.78, 5) is 38.0. The monoisotopic (exact) mass is 305 g/mol. The number of rotatable bonds is 6. The molecule has 0 amide bonds. The average Bonchev–Trinajstić information content (AvgIpc) is 2.50. The van der Waals surface area contributed by atoms with Crippen LogP contribution in [0.4, 0.5) is 5.69 Å². The first-order chi connectivity index (χ1) is 10.5. The van der Waals surface area contributed by atoms with Crippen LogP contribution in [-0.4, -0.2) is 27.1 Å². The summed E-state index contributed by atoms with van der Waals surface area (Å²) in [5.41, 5.74) is -0.363. The number of aromatic nitrogens is 2. The lowest BCUT2D eigenvalue weighted by atomic mass is 10.2. The average molecular weight is 305 g/mol. The van der Waals surface area contributed by atoms with Gasteiger partial charge in [-0.2, -0.15) is 0 Å². The van der Waals surface area contributed by atoms with E-state index in [9.17, 15) is 19.7 Å². The van der Waals surface area contributed by atoms with Gasteiger partial charge in [-0.3, -0.25) is 24.3 Å². The van der Waals surface area contributed by atoms with E-state index in [0.29, 0.717) is 6.61 Å². The quantitative estimate of drug-likeness (QED) is 0.348. The van der Waals surface area contributed by atoms with Crippen LogP contribution in [0.1, 0.15) is 19.8 Å². The van der Waals surface area contributed by atoms with Crippen LogP contribution in [-0.2, 0) is 16.1 Å². The van der Waals surface area contributed by atoms with Crippen molar-refractivity contribution in [2.75, 3.05) is 6.61 Å². The molecule has 0 N–H and O–H groups in total. The fourth-order valence-electron chi connectivity index (χ4n) is 1.89. The molecule has 1 aromatic carbocycles. The molecule has 2 rings (SSSR count). The van der Waals surface area contributed by atoms with Crippen LogP contribution in [0.2, 0.25) is 0 Å². The molecule has 0 unspecified atom stereocenters. The first-order valence-corrected chi connectivity index (χ1v) is 6.82. The van der Waals surface area contributed by atoms with Gasteiger partial charge < -0.3 is 4.74 Å². The maximum atomic E-state index is 12.2. The highest BCUT2D eigenvalue weighted by Crippen LogP contribution is 2.16. The van der Waals surface area contributed by atoms with Crippen LogP contribution in [0.3, 0.4) is 0 Å². The minimum absolute atomic E-state index is 0.142. The molecule has 8 nitrogen and oxygen atoms in total. The molecule has 0 saturated carbocycles. The molecular weight excluding hydrogens is 290 g/mol. The summed E-state index contributed by atoms with van der Waals surface area (Å²) in [5.74, 6) is -0.515. The van der Waals surface area contributed by atoms with Crippen LogP contribution in [0.15, 0.2) is 29.3 Å². The lowest BCUT2D eigenvalue weighted by Crippen LogP contribution is -2.25. The largest absolute Gasteiger partial charge is 0.464 e. The van der Waals surface area contributed by atoms with Crippen LogP contribution >= 0.6 is 0 Å². The molecule has 0 fully saturated rings. The second-order valence-electron chi connectivity index (χ2n) is 4.71. The number of carbonyl (C=O) groups is 1. The summed E-state index contributed by atoms with van der Waals surface area (Å²) in [7, 11) is 0. The zero-order chi connectivity index (χ0) is 16.1. The number of nitro benzene ring substituents is 1. The van der Waals surface area contributed by atoms with E-state index in [0.717, 1.165) is 17.4 Å². The van der Waals surface area contributed by atoms with E-state index in [-0.39, 0.29) is 23.1 Å². The van der Waals surface area contributed by atoms with Crippen molar-refractivity contribution in [1.82, 2.24) is 9.55 Å². The Kier molecular flexibility index (Phi) is 4.82. The molecule has 1 heterocycles. The van der Waals surface area contributed by atoms with E-state index >= 15 is 0 Å². The number of nitrogens with zero attached hydrogens (tertiary/aromatic N) is 3. The van der Waals surface area contributed by atoms with E-state index < -0.39 is 16.5 Å². The van der Waals surface area contributed by atoms with E-state index in [1.54, 1.807) is 0 Å². The maximum absolute atomic E-state index is 12.2. The molecular formula is C14H15N3O5. The Morgan fingerprint density at radius 3 is 2.91 bits per heavy atom. The van der Waals surface area contributed by atoms with Crippen LogP contribution in [0, 0.1) is 10.1 Å². The molecule has 0 atom stereocenters. The molecule has 0 bridgehead atoms. The minimum atomic E-state index is -0.558. The van der Waals surface area contributed by atoms with Gasteiger partial charge in [0.25, 0.3) is 11.2 Å². The third kappa shape index (κ3) is 3.46. The summed E-state index contributed by atoms with van der Waals surface area (Å²) in [6, 6.07) is 3.79. The van der Waals surface area contributed by atoms with Crippen molar-refractivity contribution < 1.29 is 14.5 Å². The number of hydrogen-bond donors (Lipinski definition) is 0. The van der Waals surface area contributed by atoms with Gasteiger partial charge in [0.15, 0.2) is 0 Å². The standard InChI is InChI=1S/C14H15N3O5/c1-2-3-6-22-13(18)8-16-9-15-12-7-10(17(20)21)4-5-11(12)14(16)19/h4-5,7,9H,2-3,6,8H2,1H3. The van der Waals surface area contributed by atoms with Gasteiger partial charge in [-0.15, -0.1) is 0 Å². The van der Waals surface area contributed by atoms with Gasteiger partial charge in [0, 0.05) is 12.1 Å². The number of hydrogen-bond acceptors (Lipinski definition) is 6. The van der Waals surface area contributed by atoms with Gasteiger partial charge in [-0.25, -0.2) is 4.98 Å². The molecule has 1 aromatic heterocycles. The highest BCUT2D eigenvalue weighted by Gasteiger charge is 2.12. The fraction of sp³-hybridized carbons (Fsp3) is 0.357. The Bertz CT molecular complexity index is 769. The minimum Gasteiger partial charge on any atom is -0.464 e. The van der Waals surface area contributed by atoms with Gasteiger partial charge in [0.2, 0.25) is 0 Å². The number of ether oxygens (including phenoxy) is 1. The lowest BCUT2D eigenvalue weighted by molar-refractivity contribution is -0.384. The number of non-ortho nitro benzene ring substituents is 1. The Morgan fingerprint density at radius 2 is 2.23 bits per heavy atom. The van der Waals surface area contributed by atoms with Crippen molar-refractivity contribution in [2.45, 2.75) is 26.3 Å². The summed E-state index contributed by atoms with van der Waals surface area (Å²) in [6.45, 7) is 2.06. The van der Waals surface area contributed by atoms with Crippen LogP contribution < -0.4 is 5.56 Å². The molecule has 116 valence electrons. The molecule has 2 aromatic rings. The van der Waals surface area contributed by atoms with Crippen molar-refractivity contribution in [3.63, 3.8) is 0 Å². The number of carbonyl (C=O) groups excluding carboxylic acids is 1. The molecule has 0 spiro atoms. The SMILES string of the molecule is CCCCOC(=O)Cn1cnc2cc([N+](=O)[O-])ccc2c1=O. The molecule has 0 aliphatic carbocycles. The van der Waals surface area contributed by atoms with Gasteiger partial charge >= 0.3 is 5.97 Å². The highest BCUT2D eigenvalue weighted by molar-refractivity contribution is 5.80. The predicted octanol–water partition coefficient (Wildman–Crippen LogP) is 1.65. The first-order valence-electron chi connectivity index (χ1n) is 6.82. The third-order valence-corrected chi connectivity index (χ3v) is 3.08. The third-order valence-electron chi connectivity index (χ3n) is 3.08. The van der Waals surface area contributed by atoms with Gasteiger partial charge in [-0.05, 0) is 12.5 Å². The van der Waals surface area contributed by atoms with E-state index in [4.69, 9.17) is 4.74 Å². The molecule has 0 aliphatic rings. The normalized spacial score (nSPS) is 10.6. The Labute approximate surface area is 125 Å². The maximum Gasteiger partial charge on any atom is 0.326 e. The van der Waals surface area contributed by atoms with Crippen molar-refractivity contribution in [3.05, 3.63) is 45.0 Å². The summed E-state index contributed by atoms with van der Waals surface area (Å²) < 4.78 is 6.12. The zero-order valence-corrected chi connectivity index (χ0v) is 12.0.